The van der Waals surface area contributed by atoms with E-state index in [0.717, 1.165) is 12.0 Å². The quantitative estimate of drug-likeness (QED) is 0.381. The average Bonchev–Trinajstić information content (AvgIpc) is 2.93. The number of hydrogen-bond acceptors (Lipinski definition) is 6. The number of carbonyl (C=O) groups is 2. The molecule has 0 radical (unpaired) electrons. The predicted octanol–water partition coefficient (Wildman–Crippen LogP) is 3.03. The van der Waals surface area contributed by atoms with Gasteiger partial charge < -0.3 is 10.1 Å². The summed E-state index contributed by atoms with van der Waals surface area (Å²) < 4.78 is 6.19. The van der Waals surface area contributed by atoms with Crippen molar-refractivity contribution in [3.8, 4) is 0 Å². The maximum Gasteiger partial charge on any atom is 0.328 e. The van der Waals surface area contributed by atoms with Crippen molar-refractivity contribution in [3.63, 3.8) is 0 Å². The summed E-state index contributed by atoms with van der Waals surface area (Å²) in [5.74, 6) is -0.555. The lowest BCUT2D eigenvalue weighted by Gasteiger charge is -2.15. The molecule has 1 atom stereocenters. The van der Waals surface area contributed by atoms with Crippen LogP contribution in [-0.2, 0) is 27.3 Å². The van der Waals surface area contributed by atoms with Gasteiger partial charge in [-0.25, -0.2) is 0 Å². The van der Waals surface area contributed by atoms with Crippen molar-refractivity contribution in [1.29, 1.82) is 0 Å². The number of carbonyl (C=O) groups excluding carboxylic acids is 2. The van der Waals surface area contributed by atoms with E-state index in [1.54, 1.807) is 0 Å². The van der Waals surface area contributed by atoms with Gasteiger partial charge in [-0.15, -0.1) is 0 Å². The molecule has 162 valence electrons. The van der Waals surface area contributed by atoms with Crippen LogP contribution < -0.4 is 5.32 Å². The van der Waals surface area contributed by atoms with Crippen LogP contribution in [0.3, 0.4) is 0 Å². The van der Waals surface area contributed by atoms with E-state index in [0.29, 0.717) is 5.92 Å². The second-order valence-corrected chi connectivity index (χ2v) is 7.72. The van der Waals surface area contributed by atoms with Crippen LogP contribution in [0, 0.1) is 29.9 Å². The molecule has 0 aliphatic rings. The van der Waals surface area contributed by atoms with Gasteiger partial charge in [-0.1, -0.05) is 38.1 Å². The van der Waals surface area contributed by atoms with E-state index < -0.39 is 23.4 Å². The van der Waals surface area contributed by atoms with Gasteiger partial charge in [0.1, 0.15) is 17.9 Å². The van der Waals surface area contributed by atoms with E-state index in [9.17, 15) is 19.7 Å². The number of nitrogens with one attached hydrogen (secondary N) is 1. The highest BCUT2D eigenvalue weighted by Gasteiger charge is 2.23. The summed E-state index contributed by atoms with van der Waals surface area (Å²) in [6.07, 6.45) is 0.995. The number of amides is 1. The second-order valence-electron chi connectivity index (χ2n) is 7.72. The molecule has 30 heavy (non-hydrogen) atoms. The molecular weight excluding hydrogens is 388 g/mol. The van der Waals surface area contributed by atoms with Gasteiger partial charge in [-0.2, -0.15) is 5.10 Å². The number of nitro groups is 1. The van der Waals surface area contributed by atoms with Gasteiger partial charge in [-0.3, -0.25) is 24.4 Å². The van der Waals surface area contributed by atoms with Crippen LogP contribution in [0.25, 0.3) is 0 Å². The number of aryl methyl sites for hydroxylation is 1. The van der Waals surface area contributed by atoms with Crippen LogP contribution in [0.2, 0.25) is 0 Å². The summed E-state index contributed by atoms with van der Waals surface area (Å²) in [5.41, 5.74) is 2.54. The van der Waals surface area contributed by atoms with Crippen LogP contribution in [0.15, 0.2) is 24.3 Å². The monoisotopic (exact) mass is 416 g/mol. The lowest BCUT2D eigenvalue weighted by Crippen LogP contribution is -2.31. The minimum absolute atomic E-state index is 0.131. The first-order valence-electron chi connectivity index (χ1n) is 9.80. The first-order chi connectivity index (χ1) is 14.1. The zero-order valence-electron chi connectivity index (χ0n) is 18.0. The number of ether oxygens (including phenoxy) is 1. The van der Waals surface area contributed by atoms with Gasteiger partial charge in [0.05, 0.1) is 11.0 Å². The third kappa shape index (κ3) is 6.13. The molecule has 0 saturated carbocycles. The molecule has 9 heteroatoms. The molecule has 1 heterocycles. The zero-order valence-corrected chi connectivity index (χ0v) is 18.0. The van der Waals surface area contributed by atoms with Crippen molar-refractivity contribution < 1.29 is 19.2 Å². The Bertz CT molecular complexity index is 918. The molecule has 0 bridgehead atoms. The third-order valence-electron chi connectivity index (χ3n) is 4.67. The fraction of sp³-hybridized carbons (Fsp3) is 0.476. The van der Waals surface area contributed by atoms with E-state index in [4.69, 9.17) is 4.74 Å². The Balaban J connectivity index is 1.84. The Morgan fingerprint density at radius 1 is 1.20 bits per heavy atom. The minimum atomic E-state index is -0.698. The summed E-state index contributed by atoms with van der Waals surface area (Å²) in [7, 11) is 0. The second kappa shape index (κ2) is 10.00. The molecule has 2 aromatic rings. The van der Waals surface area contributed by atoms with Gasteiger partial charge in [-0.05, 0) is 44.2 Å². The molecule has 1 amide bonds. The molecule has 0 spiro atoms. The van der Waals surface area contributed by atoms with Crippen molar-refractivity contribution >= 4 is 17.6 Å². The Kier molecular flexibility index (Phi) is 7.68. The number of hydrogen-bond donors (Lipinski definition) is 1. The topological polar surface area (TPSA) is 116 Å². The van der Waals surface area contributed by atoms with Gasteiger partial charge >= 0.3 is 11.7 Å². The molecule has 9 nitrogen and oxygen atoms in total. The largest absolute Gasteiger partial charge is 0.454 e. The standard InChI is InChI=1S/C21H28N4O5/c1-13(2)10-17-6-8-18(9-7-17)14(3)22-19(26)12-30-20(27)11-24-16(5)21(25(28)29)15(4)23-24/h6-9,13-14H,10-12H2,1-5H3,(H,22,26)/t14-/m0/s1. The van der Waals surface area contributed by atoms with Crippen molar-refractivity contribution in [3.05, 3.63) is 56.9 Å². The Labute approximate surface area is 175 Å². The Hall–Kier alpha value is -3.23. The van der Waals surface area contributed by atoms with Gasteiger partial charge in [0.2, 0.25) is 0 Å². The van der Waals surface area contributed by atoms with Gasteiger partial charge in [0.15, 0.2) is 6.61 Å². The van der Waals surface area contributed by atoms with Crippen LogP contribution in [0.4, 0.5) is 5.69 Å². The molecule has 0 fully saturated rings. The van der Waals surface area contributed by atoms with E-state index in [1.165, 1.54) is 24.1 Å². The number of rotatable bonds is 9. The predicted molar refractivity (Wildman–Crippen MR) is 111 cm³/mol. The number of benzene rings is 1. The summed E-state index contributed by atoms with van der Waals surface area (Å²) in [6.45, 7) is 8.44. The molecule has 1 aromatic carbocycles. The highest BCUT2D eigenvalue weighted by Crippen LogP contribution is 2.21. The minimum Gasteiger partial charge on any atom is -0.454 e. The number of aromatic nitrogens is 2. The fourth-order valence-electron chi connectivity index (χ4n) is 3.20. The van der Waals surface area contributed by atoms with E-state index in [2.05, 4.69) is 24.3 Å². The molecule has 2 rings (SSSR count). The van der Waals surface area contributed by atoms with Gasteiger partial charge in [0.25, 0.3) is 5.91 Å². The smallest absolute Gasteiger partial charge is 0.328 e. The molecule has 1 aromatic heterocycles. The SMILES string of the molecule is Cc1nn(CC(=O)OCC(=O)N[C@@H](C)c2ccc(CC(C)C)cc2)c(C)c1[N+](=O)[O-]. The maximum absolute atomic E-state index is 12.1. The van der Waals surface area contributed by atoms with Crippen LogP contribution in [-0.4, -0.2) is 33.2 Å². The summed E-state index contributed by atoms with van der Waals surface area (Å²) in [5, 5.41) is 17.8. The molecule has 0 aliphatic heterocycles. The van der Waals surface area contributed by atoms with Crippen LogP contribution in [0.1, 0.15) is 49.3 Å². The summed E-state index contributed by atoms with van der Waals surface area (Å²) in [4.78, 5) is 34.6. The highest BCUT2D eigenvalue weighted by molar-refractivity contribution is 5.80. The van der Waals surface area contributed by atoms with Crippen molar-refractivity contribution in [2.24, 2.45) is 5.92 Å². The van der Waals surface area contributed by atoms with E-state index >= 15 is 0 Å². The molecule has 0 saturated heterocycles. The molecule has 0 aliphatic carbocycles. The van der Waals surface area contributed by atoms with E-state index in [-0.39, 0.29) is 29.7 Å². The number of nitrogens with zero attached hydrogens (tertiary/aromatic N) is 3. The molecule has 0 unspecified atom stereocenters. The molecule has 1 N–H and O–H groups in total. The lowest BCUT2D eigenvalue weighted by atomic mass is 10.00. The van der Waals surface area contributed by atoms with Crippen LogP contribution in [0.5, 0.6) is 0 Å². The normalized spacial score (nSPS) is 11.9. The third-order valence-corrected chi connectivity index (χ3v) is 4.67. The van der Waals surface area contributed by atoms with Crippen LogP contribution >= 0.6 is 0 Å². The Morgan fingerprint density at radius 2 is 1.83 bits per heavy atom. The van der Waals surface area contributed by atoms with E-state index in [1.807, 2.05) is 31.2 Å². The maximum atomic E-state index is 12.1. The first kappa shape index (κ1) is 23.1. The first-order valence-corrected chi connectivity index (χ1v) is 9.80. The zero-order chi connectivity index (χ0) is 22.4. The fourth-order valence-corrected chi connectivity index (χ4v) is 3.20. The van der Waals surface area contributed by atoms with Crippen molar-refractivity contribution in [2.45, 2.75) is 53.6 Å². The number of esters is 1. The van der Waals surface area contributed by atoms with Crippen molar-refractivity contribution in [1.82, 2.24) is 15.1 Å². The molecular formula is C21H28N4O5. The van der Waals surface area contributed by atoms with Gasteiger partial charge in [0, 0.05) is 0 Å². The highest BCUT2D eigenvalue weighted by atomic mass is 16.6. The lowest BCUT2D eigenvalue weighted by molar-refractivity contribution is -0.386. The Morgan fingerprint density at radius 3 is 2.37 bits per heavy atom. The summed E-state index contributed by atoms with van der Waals surface area (Å²) >= 11 is 0. The summed E-state index contributed by atoms with van der Waals surface area (Å²) in [6, 6.07) is 7.81. The van der Waals surface area contributed by atoms with Crippen molar-refractivity contribution in [2.75, 3.05) is 6.61 Å². The average molecular weight is 416 g/mol.